The molecule has 0 spiro atoms. The Balaban J connectivity index is 2.28. The van der Waals surface area contributed by atoms with Gasteiger partial charge in [-0.05, 0) is 25.3 Å². The monoisotopic (exact) mass is 221 g/mol. The molecule has 3 heteroatoms. The highest BCUT2D eigenvalue weighted by Gasteiger charge is 2.23. The van der Waals surface area contributed by atoms with Gasteiger partial charge in [0.15, 0.2) is 0 Å². The summed E-state index contributed by atoms with van der Waals surface area (Å²) < 4.78 is 2.36. The number of fused-ring (bicyclic) bond motifs is 1. The lowest BCUT2D eigenvalue weighted by Crippen LogP contribution is -2.26. The molecule has 0 aromatic carbocycles. The van der Waals surface area contributed by atoms with E-state index in [2.05, 4.69) is 36.9 Å². The summed E-state index contributed by atoms with van der Waals surface area (Å²) in [6, 6.07) is 0.424. The predicted molar refractivity (Wildman–Crippen MR) is 66.4 cm³/mol. The van der Waals surface area contributed by atoms with Crippen LogP contribution < -0.4 is 5.32 Å². The number of hydrogen-bond acceptors (Lipinski definition) is 2. The molecule has 0 saturated carbocycles. The maximum absolute atomic E-state index is 4.80. The number of aryl methyl sites for hydroxylation is 2. The summed E-state index contributed by atoms with van der Waals surface area (Å²) in [5.41, 5.74) is 1.26. The van der Waals surface area contributed by atoms with Gasteiger partial charge in [0.25, 0.3) is 0 Å². The highest BCUT2D eigenvalue weighted by molar-refractivity contribution is 5.10. The topological polar surface area (TPSA) is 29.9 Å². The van der Waals surface area contributed by atoms with E-state index in [4.69, 9.17) is 4.98 Å². The van der Waals surface area contributed by atoms with Gasteiger partial charge in [-0.1, -0.05) is 27.2 Å². The van der Waals surface area contributed by atoms with E-state index in [0.717, 1.165) is 19.5 Å². The van der Waals surface area contributed by atoms with E-state index >= 15 is 0 Å². The Bertz CT molecular complexity index is 341. The standard InChI is InChI=1S/C13H23N3/c1-4-6-11-9-16-8-5-7-14-12(10(2)3)13(16)15-11/h9-10,12,14H,4-8H2,1-3H3/t12-/m1/s1. The number of imidazole rings is 1. The lowest BCUT2D eigenvalue weighted by Gasteiger charge is -2.19. The first-order valence-corrected chi connectivity index (χ1v) is 6.51. The van der Waals surface area contributed by atoms with Crippen LogP contribution in [-0.4, -0.2) is 16.1 Å². The number of nitrogens with one attached hydrogen (secondary N) is 1. The van der Waals surface area contributed by atoms with Gasteiger partial charge in [0.05, 0.1) is 11.7 Å². The molecule has 1 aliphatic heterocycles. The number of rotatable bonds is 3. The molecule has 1 N–H and O–H groups in total. The third kappa shape index (κ3) is 2.29. The van der Waals surface area contributed by atoms with Crippen molar-refractivity contribution in [2.45, 2.75) is 52.6 Å². The van der Waals surface area contributed by atoms with Crippen molar-refractivity contribution in [2.75, 3.05) is 6.54 Å². The Kier molecular flexibility index (Phi) is 3.64. The normalized spacial score (nSPS) is 20.9. The van der Waals surface area contributed by atoms with Gasteiger partial charge >= 0.3 is 0 Å². The van der Waals surface area contributed by atoms with Crippen LogP contribution in [0.5, 0.6) is 0 Å². The van der Waals surface area contributed by atoms with Gasteiger partial charge < -0.3 is 9.88 Å². The minimum atomic E-state index is 0.424. The van der Waals surface area contributed by atoms with E-state index in [0.29, 0.717) is 12.0 Å². The molecule has 0 radical (unpaired) electrons. The average Bonchev–Trinajstić information content (AvgIpc) is 2.51. The van der Waals surface area contributed by atoms with Gasteiger partial charge in [-0.25, -0.2) is 4.98 Å². The number of hydrogen-bond donors (Lipinski definition) is 1. The van der Waals surface area contributed by atoms with Crippen molar-refractivity contribution in [3.63, 3.8) is 0 Å². The molecular formula is C13H23N3. The first-order chi connectivity index (χ1) is 7.72. The number of nitrogens with zero attached hydrogens (tertiary/aromatic N) is 2. The Morgan fingerprint density at radius 2 is 2.38 bits per heavy atom. The van der Waals surface area contributed by atoms with E-state index in [1.165, 1.54) is 24.4 Å². The molecule has 2 rings (SSSR count). The van der Waals surface area contributed by atoms with E-state index < -0.39 is 0 Å². The second-order valence-corrected chi connectivity index (χ2v) is 5.06. The van der Waals surface area contributed by atoms with E-state index in [1.54, 1.807) is 0 Å². The van der Waals surface area contributed by atoms with Crippen LogP contribution in [0.2, 0.25) is 0 Å². The maximum Gasteiger partial charge on any atom is 0.126 e. The minimum Gasteiger partial charge on any atom is -0.333 e. The van der Waals surface area contributed by atoms with Crippen molar-refractivity contribution in [1.29, 1.82) is 0 Å². The quantitative estimate of drug-likeness (QED) is 0.850. The molecule has 1 aromatic heterocycles. The van der Waals surface area contributed by atoms with Crippen molar-refractivity contribution < 1.29 is 0 Å². The summed E-state index contributed by atoms with van der Waals surface area (Å²) in [5, 5.41) is 3.61. The van der Waals surface area contributed by atoms with Crippen LogP contribution in [0.1, 0.15) is 51.2 Å². The van der Waals surface area contributed by atoms with Crippen LogP contribution in [0, 0.1) is 5.92 Å². The summed E-state index contributed by atoms with van der Waals surface area (Å²) in [6.07, 6.45) is 5.74. The summed E-state index contributed by atoms with van der Waals surface area (Å²) in [6.45, 7) is 8.96. The van der Waals surface area contributed by atoms with Crippen LogP contribution >= 0.6 is 0 Å². The Labute approximate surface area is 98.3 Å². The molecule has 1 aliphatic rings. The lowest BCUT2D eigenvalue weighted by molar-refractivity contribution is 0.405. The zero-order chi connectivity index (χ0) is 11.5. The molecule has 1 aromatic rings. The second-order valence-electron chi connectivity index (χ2n) is 5.06. The van der Waals surface area contributed by atoms with Crippen LogP contribution in [0.3, 0.4) is 0 Å². The van der Waals surface area contributed by atoms with Gasteiger partial charge in [-0.15, -0.1) is 0 Å². The number of aromatic nitrogens is 2. The first kappa shape index (κ1) is 11.6. The maximum atomic E-state index is 4.80. The van der Waals surface area contributed by atoms with Gasteiger partial charge in [-0.2, -0.15) is 0 Å². The van der Waals surface area contributed by atoms with Crippen molar-refractivity contribution >= 4 is 0 Å². The molecule has 0 saturated heterocycles. The fourth-order valence-electron chi connectivity index (χ4n) is 2.42. The molecule has 0 bridgehead atoms. The van der Waals surface area contributed by atoms with Crippen molar-refractivity contribution in [3.05, 3.63) is 17.7 Å². The Morgan fingerprint density at radius 1 is 1.56 bits per heavy atom. The molecule has 0 unspecified atom stereocenters. The summed E-state index contributed by atoms with van der Waals surface area (Å²) >= 11 is 0. The van der Waals surface area contributed by atoms with E-state index in [9.17, 15) is 0 Å². The van der Waals surface area contributed by atoms with Crippen LogP contribution in [0.4, 0.5) is 0 Å². The van der Waals surface area contributed by atoms with Gasteiger partial charge in [0, 0.05) is 12.7 Å². The zero-order valence-corrected chi connectivity index (χ0v) is 10.7. The molecule has 3 nitrogen and oxygen atoms in total. The molecule has 2 heterocycles. The highest BCUT2D eigenvalue weighted by atomic mass is 15.1. The van der Waals surface area contributed by atoms with Crippen molar-refractivity contribution in [2.24, 2.45) is 5.92 Å². The smallest absolute Gasteiger partial charge is 0.126 e. The summed E-state index contributed by atoms with van der Waals surface area (Å²) in [7, 11) is 0. The fraction of sp³-hybridized carbons (Fsp3) is 0.769. The Hall–Kier alpha value is -0.830. The fourth-order valence-corrected chi connectivity index (χ4v) is 2.42. The molecular weight excluding hydrogens is 198 g/mol. The van der Waals surface area contributed by atoms with Crippen LogP contribution in [0.15, 0.2) is 6.20 Å². The lowest BCUT2D eigenvalue weighted by atomic mass is 10.0. The highest BCUT2D eigenvalue weighted by Crippen LogP contribution is 2.24. The van der Waals surface area contributed by atoms with Crippen LogP contribution in [0.25, 0.3) is 0 Å². The van der Waals surface area contributed by atoms with Crippen molar-refractivity contribution in [1.82, 2.24) is 14.9 Å². The molecule has 0 fully saturated rings. The average molecular weight is 221 g/mol. The minimum absolute atomic E-state index is 0.424. The van der Waals surface area contributed by atoms with Crippen molar-refractivity contribution in [3.8, 4) is 0 Å². The molecule has 0 aliphatic carbocycles. The Morgan fingerprint density at radius 3 is 3.06 bits per heavy atom. The second kappa shape index (κ2) is 5.00. The molecule has 1 atom stereocenters. The van der Waals surface area contributed by atoms with Gasteiger partial charge in [0.1, 0.15) is 5.82 Å². The van der Waals surface area contributed by atoms with E-state index in [1.807, 2.05) is 0 Å². The molecule has 0 amide bonds. The largest absolute Gasteiger partial charge is 0.333 e. The predicted octanol–water partition coefficient (Wildman–Crippen LogP) is 2.53. The van der Waals surface area contributed by atoms with E-state index in [-0.39, 0.29) is 0 Å². The third-order valence-electron chi connectivity index (χ3n) is 3.25. The zero-order valence-electron chi connectivity index (χ0n) is 10.7. The third-order valence-corrected chi connectivity index (χ3v) is 3.25. The summed E-state index contributed by atoms with van der Waals surface area (Å²) in [4.78, 5) is 4.80. The van der Waals surface area contributed by atoms with Gasteiger partial charge in [0.2, 0.25) is 0 Å². The first-order valence-electron chi connectivity index (χ1n) is 6.51. The summed E-state index contributed by atoms with van der Waals surface area (Å²) in [5.74, 6) is 1.85. The van der Waals surface area contributed by atoms with Gasteiger partial charge in [-0.3, -0.25) is 0 Å². The van der Waals surface area contributed by atoms with Crippen LogP contribution in [-0.2, 0) is 13.0 Å². The SMILES string of the molecule is CCCc1cn2c(n1)[C@@H](C(C)C)NCCC2. The molecule has 90 valence electrons. The molecule has 16 heavy (non-hydrogen) atoms.